The van der Waals surface area contributed by atoms with Crippen molar-refractivity contribution in [2.75, 3.05) is 13.1 Å². The van der Waals surface area contributed by atoms with Crippen LogP contribution in [-0.4, -0.2) is 28.8 Å². The molecule has 3 heteroatoms. The lowest BCUT2D eigenvalue weighted by atomic mass is 9.89. The van der Waals surface area contributed by atoms with Crippen molar-refractivity contribution in [3.8, 4) is 0 Å². The van der Waals surface area contributed by atoms with Gasteiger partial charge in [0.2, 0.25) is 0 Å². The van der Waals surface area contributed by atoms with Crippen LogP contribution in [0.1, 0.15) is 24.1 Å². The highest BCUT2D eigenvalue weighted by atomic mass is 16.3. The number of pyridine rings is 1. The third-order valence-corrected chi connectivity index (χ3v) is 2.93. The molecule has 2 N–H and O–H groups in total. The van der Waals surface area contributed by atoms with Crippen LogP contribution in [0.15, 0.2) is 18.3 Å². The van der Waals surface area contributed by atoms with E-state index in [1.807, 2.05) is 25.3 Å². The van der Waals surface area contributed by atoms with Crippen LogP contribution < -0.4 is 5.32 Å². The van der Waals surface area contributed by atoms with Crippen molar-refractivity contribution in [3.05, 3.63) is 29.6 Å². The first-order valence-corrected chi connectivity index (χ1v) is 5.53. The minimum atomic E-state index is -0.597. The van der Waals surface area contributed by atoms with Crippen LogP contribution in [-0.2, 0) is 6.42 Å². The number of rotatable bonds is 2. The highest BCUT2D eigenvalue weighted by Crippen LogP contribution is 2.20. The average molecular weight is 206 g/mol. The Morgan fingerprint density at radius 2 is 2.40 bits per heavy atom. The minimum Gasteiger partial charge on any atom is -0.388 e. The van der Waals surface area contributed by atoms with Crippen molar-refractivity contribution >= 4 is 0 Å². The molecular weight excluding hydrogens is 188 g/mol. The fraction of sp³-hybridized carbons (Fsp3) is 0.583. The zero-order valence-corrected chi connectivity index (χ0v) is 9.16. The molecule has 0 spiro atoms. The van der Waals surface area contributed by atoms with Gasteiger partial charge in [0, 0.05) is 24.9 Å². The molecule has 0 bridgehead atoms. The van der Waals surface area contributed by atoms with Crippen LogP contribution in [0.3, 0.4) is 0 Å². The number of nitrogens with one attached hydrogen (secondary N) is 1. The highest BCUT2D eigenvalue weighted by molar-refractivity contribution is 5.14. The monoisotopic (exact) mass is 206 g/mol. The SMILES string of the molecule is Cc1ccc(CC2(O)CCCNC2)nc1. The van der Waals surface area contributed by atoms with Gasteiger partial charge < -0.3 is 10.4 Å². The van der Waals surface area contributed by atoms with Crippen LogP contribution in [0.25, 0.3) is 0 Å². The molecule has 1 aromatic heterocycles. The summed E-state index contributed by atoms with van der Waals surface area (Å²) in [5.41, 5.74) is 1.54. The molecule has 0 radical (unpaired) electrons. The van der Waals surface area contributed by atoms with Gasteiger partial charge in [0.1, 0.15) is 0 Å². The van der Waals surface area contributed by atoms with E-state index in [9.17, 15) is 5.11 Å². The maximum Gasteiger partial charge on any atom is 0.0827 e. The molecule has 3 nitrogen and oxygen atoms in total. The number of hydrogen-bond donors (Lipinski definition) is 2. The largest absolute Gasteiger partial charge is 0.388 e. The molecule has 1 fully saturated rings. The standard InChI is InChI=1S/C12H18N2O/c1-10-3-4-11(14-8-10)7-12(15)5-2-6-13-9-12/h3-4,8,13,15H,2,5-7,9H2,1H3. The number of aliphatic hydroxyl groups is 1. The molecule has 1 aliphatic rings. The van der Waals surface area contributed by atoms with Gasteiger partial charge in [0.05, 0.1) is 5.60 Å². The topological polar surface area (TPSA) is 45.1 Å². The normalized spacial score (nSPS) is 26.5. The Kier molecular flexibility index (Phi) is 3.03. The first-order valence-electron chi connectivity index (χ1n) is 5.53. The Morgan fingerprint density at radius 3 is 3.00 bits per heavy atom. The Bertz CT molecular complexity index is 315. The van der Waals surface area contributed by atoms with E-state index in [4.69, 9.17) is 0 Å². The van der Waals surface area contributed by atoms with Gasteiger partial charge in [-0.2, -0.15) is 0 Å². The predicted molar refractivity (Wildman–Crippen MR) is 59.7 cm³/mol. The summed E-state index contributed by atoms with van der Waals surface area (Å²) in [5.74, 6) is 0. The third-order valence-electron chi connectivity index (χ3n) is 2.93. The van der Waals surface area contributed by atoms with Gasteiger partial charge in [0.15, 0.2) is 0 Å². The second-order valence-electron chi connectivity index (χ2n) is 4.51. The zero-order chi connectivity index (χ0) is 10.7. The van der Waals surface area contributed by atoms with Crippen LogP contribution >= 0.6 is 0 Å². The average Bonchev–Trinajstić information content (AvgIpc) is 2.22. The van der Waals surface area contributed by atoms with Crippen molar-refractivity contribution < 1.29 is 5.11 Å². The molecule has 0 aliphatic carbocycles. The molecule has 0 amide bonds. The molecule has 15 heavy (non-hydrogen) atoms. The van der Waals surface area contributed by atoms with Crippen molar-refractivity contribution in [1.82, 2.24) is 10.3 Å². The molecule has 1 atom stereocenters. The molecular formula is C12H18N2O. The van der Waals surface area contributed by atoms with E-state index in [0.717, 1.165) is 30.6 Å². The van der Waals surface area contributed by atoms with Gasteiger partial charge in [-0.25, -0.2) is 0 Å². The molecule has 1 aromatic rings. The van der Waals surface area contributed by atoms with Gasteiger partial charge in [0.25, 0.3) is 0 Å². The molecule has 0 saturated carbocycles. The summed E-state index contributed by atoms with van der Waals surface area (Å²) in [6, 6.07) is 4.05. The number of aromatic nitrogens is 1. The quantitative estimate of drug-likeness (QED) is 0.760. The molecule has 0 aromatic carbocycles. The number of aryl methyl sites for hydroxylation is 1. The molecule has 2 heterocycles. The second-order valence-corrected chi connectivity index (χ2v) is 4.51. The van der Waals surface area contributed by atoms with Crippen molar-refractivity contribution in [1.29, 1.82) is 0 Å². The van der Waals surface area contributed by atoms with E-state index < -0.39 is 5.60 Å². The van der Waals surface area contributed by atoms with E-state index in [1.54, 1.807) is 0 Å². The van der Waals surface area contributed by atoms with Crippen LogP contribution in [0, 0.1) is 6.92 Å². The van der Waals surface area contributed by atoms with Gasteiger partial charge >= 0.3 is 0 Å². The summed E-state index contributed by atoms with van der Waals surface area (Å²) in [7, 11) is 0. The van der Waals surface area contributed by atoms with E-state index >= 15 is 0 Å². The van der Waals surface area contributed by atoms with Gasteiger partial charge in [-0.3, -0.25) is 4.98 Å². The van der Waals surface area contributed by atoms with Crippen LogP contribution in [0.5, 0.6) is 0 Å². The Labute approximate surface area is 90.5 Å². The van der Waals surface area contributed by atoms with E-state index in [-0.39, 0.29) is 0 Å². The lowest BCUT2D eigenvalue weighted by molar-refractivity contribution is 0.0161. The van der Waals surface area contributed by atoms with E-state index in [1.165, 1.54) is 0 Å². The maximum atomic E-state index is 10.3. The minimum absolute atomic E-state index is 0.597. The van der Waals surface area contributed by atoms with Crippen LogP contribution in [0.4, 0.5) is 0 Å². The van der Waals surface area contributed by atoms with Gasteiger partial charge in [-0.15, -0.1) is 0 Å². The highest BCUT2D eigenvalue weighted by Gasteiger charge is 2.29. The Morgan fingerprint density at radius 1 is 1.53 bits per heavy atom. The lowest BCUT2D eigenvalue weighted by Gasteiger charge is -2.32. The van der Waals surface area contributed by atoms with Crippen molar-refractivity contribution in [3.63, 3.8) is 0 Å². The predicted octanol–water partition coefficient (Wildman–Crippen LogP) is 1.05. The Hall–Kier alpha value is -0.930. The molecule has 2 rings (SSSR count). The number of nitrogens with zero attached hydrogens (tertiary/aromatic N) is 1. The van der Waals surface area contributed by atoms with Crippen molar-refractivity contribution in [2.45, 2.75) is 31.8 Å². The third kappa shape index (κ3) is 2.76. The first kappa shape index (κ1) is 10.6. The summed E-state index contributed by atoms with van der Waals surface area (Å²) < 4.78 is 0. The zero-order valence-electron chi connectivity index (χ0n) is 9.16. The summed E-state index contributed by atoms with van der Waals surface area (Å²) in [5, 5.41) is 13.5. The van der Waals surface area contributed by atoms with Crippen LogP contribution in [0.2, 0.25) is 0 Å². The second kappa shape index (κ2) is 4.29. The van der Waals surface area contributed by atoms with E-state index in [2.05, 4.69) is 10.3 Å². The lowest BCUT2D eigenvalue weighted by Crippen LogP contribution is -2.47. The first-order chi connectivity index (χ1) is 7.18. The Balaban J connectivity index is 2.03. The van der Waals surface area contributed by atoms with Gasteiger partial charge in [-0.1, -0.05) is 6.07 Å². The smallest absolute Gasteiger partial charge is 0.0827 e. The fourth-order valence-electron chi connectivity index (χ4n) is 2.04. The number of β-amino-alcohol motifs (C(OH)–C–C–N with tert-alkyl or cyclic N) is 1. The molecule has 1 saturated heterocycles. The molecule has 1 unspecified atom stereocenters. The van der Waals surface area contributed by atoms with Gasteiger partial charge in [-0.05, 0) is 37.9 Å². The fourth-order valence-corrected chi connectivity index (χ4v) is 2.04. The summed E-state index contributed by atoms with van der Waals surface area (Å²) >= 11 is 0. The van der Waals surface area contributed by atoms with E-state index in [0.29, 0.717) is 13.0 Å². The molecule has 1 aliphatic heterocycles. The molecule has 82 valence electrons. The summed E-state index contributed by atoms with van der Waals surface area (Å²) in [4.78, 5) is 4.33. The maximum absolute atomic E-state index is 10.3. The summed E-state index contributed by atoms with van der Waals surface area (Å²) in [6.45, 7) is 3.72. The summed E-state index contributed by atoms with van der Waals surface area (Å²) in [6.07, 6.45) is 4.42. The number of hydrogen-bond acceptors (Lipinski definition) is 3. The van der Waals surface area contributed by atoms with Crippen molar-refractivity contribution in [2.24, 2.45) is 0 Å². The number of piperidine rings is 1.